The first-order valence-electron chi connectivity index (χ1n) is 7.28. The molecule has 0 unspecified atom stereocenters. The van der Waals surface area contributed by atoms with E-state index in [1.165, 1.54) is 0 Å². The molecule has 0 aromatic heterocycles. The van der Waals surface area contributed by atoms with E-state index in [-0.39, 0.29) is 0 Å². The molecule has 1 aliphatic rings. The molecule has 4 nitrogen and oxygen atoms in total. The summed E-state index contributed by atoms with van der Waals surface area (Å²) in [5, 5.41) is 3.93. The standard InChI is InChI=1S/C16H22ClNO3/c1-2-3-6-19-9-5-18-12-13-10-14(17)16-15(11-13)20-7-4-8-21-16/h2,10-11,18H,1,3-9,12H2. The number of nitrogens with one attached hydrogen (secondary N) is 1. The second-order valence-corrected chi connectivity index (χ2v) is 5.23. The van der Waals surface area contributed by atoms with Crippen LogP contribution in [0.1, 0.15) is 18.4 Å². The van der Waals surface area contributed by atoms with Gasteiger partial charge in [0.25, 0.3) is 0 Å². The number of ether oxygens (including phenoxy) is 3. The fourth-order valence-electron chi connectivity index (χ4n) is 2.03. The van der Waals surface area contributed by atoms with Crippen LogP contribution in [-0.2, 0) is 11.3 Å². The van der Waals surface area contributed by atoms with Gasteiger partial charge in [-0.1, -0.05) is 17.7 Å². The van der Waals surface area contributed by atoms with Crippen LogP contribution in [0.4, 0.5) is 0 Å². The highest BCUT2D eigenvalue weighted by Crippen LogP contribution is 2.37. The van der Waals surface area contributed by atoms with Crippen LogP contribution < -0.4 is 14.8 Å². The van der Waals surface area contributed by atoms with Gasteiger partial charge in [0.2, 0.25) is 0 Å². The Balaban J connectivity index is 1.80. The lowest BCUT2D eigenvalue weighted by Gasteiger charge is -2.12. The Hall–Kier alpha value is -1.23. The fourth-order valence-corrected chi connectivity index (χ4v) is 2.32. The summed E-state index contributed by atoms with van der Waals surface area (Å²) in [5.74, 6) is 1.39. The average Bonchev–Trinajstić information content (AvgIpc) is 2.72. The van der Waals surface area contributed by atoms with Crippen LogP contribution in [0.3, 0.4) is 0 Å². The third-order valence-electron chi connectivity index (χ3n) is 3.08. The van der Waals surface area contributed by atoms with Crippen molar-refractivity contribution >= 4 is 11.6 Å². The Bertz CT molecular complexity index is 465. The highest BCUT2D eigenvalue weighted by Gasteiger charge is 2.15. The zero-order valence-electron chi connectivity index (χ0n) is 12.2. The molecule has 0 radical (unpaired) electrons. The Kier molecular flexibility index (Phi) is 6.86. The summed E-state index contributed by atoms with van der Waals surface area (Å²) in [6.07, 6.45) is 3.62. The average molecular weight is 312 g/mol. The third kappa shape index (κ3) is 5.23. The Morgan fingerprint density at radius 2 is 2.14 bits per heavy atom. The van der Waals surface area contributed by atoms with Crippen molar-refractivity contribution < 1.29 is 14.2 Å². The highest BCUT2D eigenvalue weighted by atomic mass is 35.5. The largest absolute Gasteiger partial charge is 0.489 e. The van der Waals surface area contributed by atoms with E-state index in [0.29, 0.717) is 30.6 Å². The molecule has 0 spiro atoms. The molecule has 0 bridgehead atoms. The van der Waals surface area contributed by atoms with Gasteiger partial charge in [-0.05, 0) is 24.1 Å². The molecule has 0 aliphatic carbocycles. The predicted octanol–water partition coefficient (Wildman–Crippen LogP) is 3.18. The molecule has 1 heterocycles. The molecule has 0 fully saturated rings. The van der Waals surface area contributed by atoms with Gasteiger partial charge in [0.1, 0.15) is 0 Å². The maximum atomic E-state index is 6.25. The van der Waals surface area contributed by atoms with Crippen LogP contribution in [-0.4, -0.2) is 33.0 Å². The lowest BCUT2D eigenvalue weighted by atomic mass is 10.2. The predicted molar refractivity (Wildman–Crippen MR) is 84.4 cm³/mol. The van der Waals surface area contributed by atoms with Crippen molar-refractivity contribution in [1.29, 1.82) is 0 Å². The van der Waals surface area contributed by atoms with E-state index in [1.54, 1.807) is 0 Å². The summed E-state index contributed by atoms with van der Waals surface area (Å²) in [5.41, 5.74) is 1.08. The second kappa shape index (κ2) is 8.93. The van der Waals surface area contributed by atoms with Crippen molar-refractivity contribution in [2.75, 3.05) is 33.0 Å². The summed E-state index contributed by atoms with van der Waals surface area (Å²) in [6.45, 7) is 7.89. The molecule has 1 aromatic rings. The summed E-state index contributed by atoms with van der Waals surface area (Å²) < 4.78 is 16.7. The van der Waals surface area contributed by atoms with Gasteiger partial charge in [-0.25, -0.2) is 0 Å². The monoisotopic (exact) mass is 311 g/mol. The molecule has 116 valence electrons. The molecule has 1 aromatic carbocycles. The van der Waals surface area contributed by atoms with Crippen molar-refractivity contribution in [3.05, 3.63) is 35.4 Å². The van der Waals surface area contributed by atoms with Crippen LogP contribution in [0, 0.1) is 0 Å². The molecule has 0 saturated heterocycles. The number of benzene rings is 1. The molecule has 1 N–H and O–H groups in total. The zero-order chi connectivity index (χ0) is 14.9. The van der Waals surface area contributed by atoms with Gasteiger partial charge in [0.15, 0.2) is 11.5 Å². The van der Waals surface area contributed by atoms with Gasteiger partial charge in [0, 0.05) is 19.5 Å². The third-order valence-corrected chi connectivity index (χ3v) is 3.36. The summed E-state index contributed by atoms with van der Waals surface area (Å²) >= 11 is 6.25. The van der Waals surface area contributed by atoms with Crippen LogP contribution in [0.15, 0.2) is 24.8 Å². The minimum atomic E-state index is 0.605. The molecule has 5 heteroatoms. The first-order chi connectivity index (χ1) is 10.3. The fraction of sp³-hybridized carbons (Fsp3) is 0.500. The van der Waals surface area contributed by atoms with Crippen LogP contribution in [0.2, 0.25) is 5.02 Å². The van der Waals surface area contributed by atoms with Crippen molar-refractivity contribution in [3.63, 3.8) is 0 Å². The van der Waals surface area contributed by atoms with Gasteiger partial charge in [-0.15, -0.1) is 6.58 Å². The van der Waals surface area contributed by atoms with Gasteiger partial charge in [-0.3, -0.25) is 0 Å². The summed E-state index contributed by atoms with van der Waals surface area (Å²) in [7, 11) is 0. The Labute approximate surface area is 131 Å². The number of hydrogen-bond acceptors (Lipinski definition) is 4. The van der Waals surface area contributed by atoms with E-state index >= 15 is 0 Å². The van der Waals surface area contributed by atoms with E-state index in [9.17, 15) is 0 Å². The van der Waals surface area contributed by atoms with E-state index < -0.39 is 0 Å². The highest BCUT2D eigenvalue weighted by molar-refractivity contribution is 6.32. The molecule has 1 aliphatic heterocycles. The topological polar surface area (TPSA) is 39.7 Å². The number of rotatable bonds is 8. The number of hydrogen-bond donors (Lipinski definition) is 1. The van der Waals surface area contributed by atoms with Gasteiger partial charge in [-0.2, -0.15) is 0 Å². The number of halogens is 1. The van der Waals surface area contributed by atoms with E-state index in [4.69, 9.17) is 25.8 Å². The molecular weight excluding hydrogens is 290 g/mol. The van der Waals surface area contributed by atoms with Crippen LogP contribution >= 0.6 is 11.6 Å². The Morgan fingerprint density at radius 3 is 3.00 bits per heavy atom. The minimum absolute atomic E-state index is 0.605. The zero-order valence-corrected chi connectivity index (χ0v) is 13.0. The molecular formula is C16H22ClNO3. The first kappa shape index (κ1) is 16.1. The van der Waals surface area contributed by atoms with Gasteiger partial charge < -0.3 is 19.5 Å². The van der Waals surface area contributed by atoms with E-state index in [2.05, 4.69) is 11.9 Å². The SMILES string of the molecule is C=CCCOCCNCc1cc(Cl)c2c(c1)OCCCO2. The Morgan fingerprint density at radius 1 is 1.29 bits per heavy atom. The maximum Gasteiger partial charge on any atom is 0.179 e. The van der Waals surface area contributed by atoms with Crippen LogP contribution in [0.5, 0.6) is 11.5 Å². The summed E-state index contributed by atoms with van der Waals surface area (Å²) in [6, 6.07) is 3.90. The molecule has 0 atom stereocenters. The van der Waals surface area contributed by atoms with Gasteiger partial charge >= 0.3 is 0 Å². The molecule has 2 rings (SSSR count). The van der Waals surface area contributed by atoms with E-state index in [0.717, 1.165) is 43.9 Å². The maximum absolute atomic E-state index is 6.25. The normalized spacial score (nSPS) is 13.8. The molecule has 0 amide bonds. The van der Waals surface area contributed by atoms with E-state index in [1.807, 2.05) is 18.2 Å². The molecule has 0 saturated carbocycles. The number of fused-ring (bicyclic) bond motifs is 1. The minimum Gasteiger partial charge on any atom is -0.489 e. The lowest BCUT2D eigenvalue weighted by Crippen LogP contribution is -2.19. The lowest BCUT2D eigenvalue weighted by molar-refractivity contribution is 0.140. The molecule has 21 heavy (non-hydrogen) atoms. The smallest absolute Gasteiger partial charge is 0.179 e. The van der Waals surface area contributed by atoms with Gasteiger partial charge in [0.05, 0.1) is 31.5 Å². The van der Waals surface area contributed by atoms with Crippen molar-refractivity contribution in [3.8, 4) is 11.5 Å². The second-order valence-electron chi connectivity index (χ2n) is 4.82. The first-order valence-corrected chi connectivity index (χ1v) is 7.66. The quantitative estimate of drug-likeness (QED) is 0.591. The van der Waals surface area contributed by atoms with Crippen molar-refractivity contribution in [2.24, 2.45) is 0 Å². The van der Waals surface area contributed by atoms with Crippen molar-refractivity contribution in [1.82, 2.24) is 5.32 Å². The van der Waals surface area contributed by atoms with Crippen molar-refractivity contribution in [2.45, 2.75) is 19.4 Å². The summed E-state index contributed by atoms with van der Waals surface area (Å²) in [4.78, 5) is 0. The van der Waals surface area contributed by atoms with Crippen LogP contribution in [0.25, 0.3) is 0 Å².